The second-order valence-corrected chi connectivity index (χ2v) is 5.46. The molecule has 1 aromatic carbocycles. The van der Waals surface area contributed by atoms with Crippen molar-refractivity contribution in [2.75, 3.05) is 0 Å². The van der Waals surface area contributed by atoms with E-state index >= 15 is 0 Å². The molecular weight excluding hydrogens is 212 g/mol. The predicted molar refractivity (Wildman–Crippen MR) is 70.6 cm³/mol. The van der Waals surface area contributed by atoms with E-state index in [1.54, 1.807) is 0 Å². The van der Waals surface area contributed by atoms with Crippen LogP contribution < -0.4 is 0 Å². The minimum Gasteiger partial charge on any atom is -0.507 e. The van der Waals surface area contributed by atoms with E-state index < -0.39 is 0 Å². The largest absolute Gasteiger partial charge is 0.507 e. The Balaban J connectivity index is 3.25. The molecule has 0 spiro atoms. The Bertz CT molecular complexity index is 400. The van der Waals surface area contributed by atoms with E-state index in [4.69, 9.17) is 0 Å². The van der Waals surface area contributed by atoms with Crippen molar-refractivity contribution in [3.05, 3.63) is 28.8 Å². The fourth-order valence-corrected chi connectivity index (χ4v) is 1.94. The van der Waals surface area contributed by atoms with Crippen molar-refractivity contribution in [2.45, 2.75) is 52.4 Å². The Hall–Kier alpha value is -1.31. The van der Waals surface area contributed by atoms with Gasteiger partial charge in [0, 0.05) is 6.42 Å². The standard InChI is InChI=1S/C15H22O2/c1-5-11-9-12(7-6-8-16)14(17)13(10-11)15(2,3)4/h8-10,17H,5-7H2,1-4H3. The van der Waals surface area contributed by atoms with Gasteiger partial charge in [0.1, 0.15) is 12.0 Å². The van der Waals surface area contributed by atoms with Gasteiger partial charge in [0.05, 0.1) is 0 Å². The first-order valence-corrected chi connectivity index (χ1v) is 6.19. The zero-order valence-electron chi connectivity index (χ0n) is 11.2. The van der Waals surface area contributed by atoms with E-state index in [2.05, 4.69) is 33.8 Å². The number of phenolic OH excluding ortho intramolecular Hbond substituents is 1. The molecule has 0 amide bonds. The highest BCUT2D eigenvalue weighted by Gasteiger charge is 2.20. The highest BCUT2D eigenvalue weighted by molar-refractivity contribution is 5.53. The van der Waals surface area contributed by atoms with Gasteiger partial charge in [-0.15, -0.1) is 0 Å². The van der Waals surface area contributed by atoms with E-state index in [1.807, 2.05) is 6.07 Å². The molecule has 1 rings (SSSR count). The molecule has 0 atom stereocenters. The van der Waals surface area contributed by atoms with Crippen LogP contribution in [-0.4, -0.2) is 11.4 Å². The lowest BCUT2D eigenvalue weighted by Gasteiger charge is -2.23. The molecule has 0 saturated carbocycles. The smallest absolute Gasteiger partial charge is 0.122 e. The Morgan fingerprint density at radius 1 is 1.29 bits per heavy atom. The van der Waals surface area contributed by atoms with E-state index in [9.17, 15) is 9.90 Å². The van der Waals surface area contributed by atoms with Gasteiger partial charge >= 0.3 is 0 Å². The van der Waals surface area contributed by atoms with Crippen LogP contribution >= 0.6 is 0 Å². The number of rotatable bonds is 4. The quantitative estimate of drug-likeness (QED) is 0.811. The number of aryl methyl sites for hydroxylation is 2. The third-order valence-electron chi connectivity index (χ3n) is 3.00. The summed E-state index contributed by atoms with van der Waals surface area (Å²) in [5.74, 6) is 0.358. The van der Waals surface area contributed by atoms with Gasteiger partial charge < -0.3 is 9.90 Å². The minimum atomic E-state index is -0.0782. The summed E-state index contributed by atoms with van der Waals surface area (Å²) in [6.07, 6.45) is 2.92. The summed E-state index contributed by atoms with van der Waals surface area (Å²) in [5, 5.41) is 10.3. The molecule has 0 unspecified atom stereocenters. The lowest BCUT2D eigenvalue weighted by molar-refractivity contribution is -0.107. The minimum absolute atomic E-state index is 0.0782. The van der Waals surface area contributed by atoms with Crippen molar-refractivity contribution >= 4 is 6.29 Å². The van der Waals surface area contributed by atoms with Gasteiger partial charge in [-0.1, -0.05) is 39.8 Å². The van der Waals surface area contributed by atoms with Crippen LogP contribution in [-0.2, 0) is 23.1 Å². The number of benzene rings is 1. The van der Waals surface area contributed by atoms with Gasteiger partial charge in [0.15, 0.2) is 0 Å². The summed E-state index contributed by atoms with van der Waals surface area (Å²) >= 11 is 0. The van der Waals surface area contributed by atoms with Crippen molar-refractivity contribution in [1.82, 2.24) is 0 Å². The number of hydrogen-bond acceptors (Lipinski definition) is 2. The molecule has 0 fully saturated rings. The SMILES string of the molecule is CCc1cc(CCC=O)c(O)c(C(C)(C)C)c1. The molecule has 94 valence electrons. The normalized spacial score (nSPS) is 11.5. The second-order valence-electron chi connectivity index (χ2n) is 5.46. The zero-order valence-corrected chi connectivity index (χ0v) is 11.2. The third-order valence-corrected chi connectivity index (χ3v) is 3.00. The molecule has 1 N–H and O–H groups in total. The lowest BCUT2D eigenvalue weighted by atomic mass is 9.83. The van der Waals surface area contributed by atoms with Gasteiger partial charge in [0.2, 0.25) is 0 Å². The molecule has 0 saturated heterocycles. The van der Waals surface area contributed by atoms with Crippen LogP contribution in [0.15, 0.2) is 12.1 Å². The number of aldehydes is 1. The number of carbonyl (C=O) groups excluding carboxylic acids is 1. The molecule has 2 nitrogen and oxygen atoms in total. The molecule has 0 radical (unpaired) electrons. The van der Waals surface area contributed by atoms with Gasteiger partial charge in [0.25, 0.3) is 0 Å². The first kappa shape index (κ1) is 13.8. The number of carbonyl (C=O) groups is 1. The van der Waals surface area contributed by atoms with Crippen LogP contribution in [0.1, 0.15) is 50.8 Å². The molecule has 0 aliphatic carbocycles. The van der Waals surface area contributed by atoms with Gasteiger partial charge in [-0.05, 0) is 34.9 Å². The molecule has 0 bridgehead atoms. The van der Waals surface area contributed by atoms with E-state index in [-0.39, 0.29) is 5.41 Å². The Kier molecular flexibility index (Phi) is 4.33. The summed E-state index contributed by atoms with van der Waals surface area (Å²) in [7, 11) is 0. The van der Waals surface area contributed by atoms with Gasteiger partial charge in [-0.25, -0.2) is 0 Å². The van der Waals surface area contributed by atoms with Crippen LogP contribution in [0.25, 0.3) is 0 Å². The summed E-state index contributed by atoms with van der Waals surface area (Å²) in [6.45, 7) is 8.36. The fourth-order valence-electron chi connectivity index (χ4n) is 1.94. The van der Waals surface area contributed by atoms with E-state index in [0.717, 1.165) is 23.8 Å². The highest BCUT2D eigenvalue weighted by atomic mass is 16.3. The first-order valence-electron chi connectivity index (χ1n) is 6.19. The van der Waals surface area contributed by atoms with E-state index in [0.29, 0.717) is 18.6 Å². The summed E-state index contributed by atoms with van der Waals surface area (Å²) in [5.41, 5.74) is 3.00. The van der Waals surface area contributed by atoms with Crippen molar-refractivity contribution in [2.24, 2.45) is 0 Å². The van der Waals surface area contributed by atoms with Crippen molar-refractivity contribution in [3.63, 3.8) is 0 Å². The predicted octanol–water partition coefficient (Wildman–Crippen LogP) is 3.38. The van der Waals surface area contributed by atoms with Gasteiger partial charge in [-0.3, -0.25) is 0 Å². The zero-order chi connectivity index (χ0) is 13.1. The maximum atomic E-state index is 10.4. The molecule has 0 aromatic heterocycles. The Morgan fingerprint density at radius 3 is 2.41 bits per heavy atom. The fraction of sp³-hybridized carbons (Fsp3) is 0.533. The maximum Gasteiger partial charge on any atom is 0.122 e. The third kappa shape index (κ3) is 3.32. The number of aromatic hydroxyl groups is 1. The molecule has 0 aliphatic rings. The monoisotopic (exact) mass is 234 g/mol. The second kappa shape index (κ2) is 5.35. The van der Waals surface area contributed by atoms with Crippen LogP contribution in [0.4, 0.5) is 0 Å². The van der Waals surface area contributed by atoms with E-state index in [1.165, 1.54) is 5.56 Å². The van der Waals surface area contributed by atoms with Crippen LogP contribution in [0, 0.1) is 0 Å². The molecule has 0 aliphatic heterocycles. The maximum absolute atomic E-state index is 10.4. The summed E-state index contributed by atoms with van der Waals surface area (Å²) < 4.78 is 0. The Morgan fingerprint density at radius 2 is 1.94 bits per heavy atom. The topological polar surface area (TPSA) is 37.3 Å². The molecule has 17 heavy (non-hydrogen) atoms. The average molecular weight is 234 g/mol. The van der Waals surface area contributed by atoms with Crippen LogP contribution in [0.2, 0.25) is 0 Å². The van der Waals surface area contributed by atoms with Crippen LogP contribution in [0.3, 0.4) is 0 Å². The number of phenols is 1. The average Bonchev–Trinajstić information content (AvgIpc) is 2.26. The van der Waals surface area contributed by atoms with Crippen molar-refractivity contribution in [1.29, 1.82) is 0 Å². The highest BCUT2D eigenvalue weighted by Crippen LogP contribution is 2.35. The number of hydrogen-bond donors (Lipinski definition) is 1. The molecule has 0 heterocycles. The van der Waals surface area contributed by atoms with Gasteiger partial charge in [-0.2, -0.15) is 0 Å². The lowest BCUT2D eigenvalue weighted by Crippen LogP contribution is -2.13. The molecule has 1 aromatic rings. The Labute approximate surface area is 104 Å². The van der Waals surface area contributed by atoms with Crippen LogP contribution in [0.5, 0.6) is 5.75 Å². The molecular formula is C15H22O2. The van der Waals surface area contributed by atoms with Crippen molar-refractivity contribution < 1.29 is 9.90 Å². The summed E-state index contributed by atoms with van der Waals surface area (Å²) in [4.78, 5) is 10.4. The van der Waals surface area contributed by atoms with Crippen molar-refractivity contribution in [3.8, 4) is 5.75 Å². The molecule has 2 heteroatoms. The first-order chi connectivity index (χ1) is 7.90. The summed E-state index contributed by atoms with van der Waals surface area (Å²) in [6, 6.07) is 4.08.